The van der Waals surface area contributed by atoms with E-state index in [0.29, 0.717) is 6.42 Å². The molecule has 10 nitrogen and oxygen atoms in total. The van der Waals surface area contributed by atoms with Crippen molar-refractivity contribution in [2.75, 3.05) is 19.6 Å². The largest absolute Gasteiger partial charge is 0.445 e. The topological polar surface area (TPSA) is 145 Å². The van der Waals surface area contributed by atoms with Gasteiger partial charge in [-0.05, 0) is 54.5 Å². The summed E-state index contributed by atoms with van der Waals surface area (Å²) in [5, 5.41) is 26.5. The Kier molecular flexibility index (Phi) is 13.7. The van der Waals surface area contributed by atoms with Gasteiger partial charge in [0, 0.05) is 19.6 Å². The fourth-order valence-electron chi connectivity index (χ4n) is 4.79. The first-order chi connectivity index (χ1) is 21.8. The highest BCUT2D eigenvalue weighted by Gasteiger charge is 2.39. The zero-order chi connectivity index (χ0) is 33.7. The number of nitrogens with zero attached hydrogens (tertiary/aromatic N) is 1. The Morgan fingerprint density at radius 2 is 1.48 bits per heavy atom. The first-order valence-electron chi connectivity index (χ1n) is 15.5. The Balaban J connectivity index is 1.72. The summed E-state index contributed by atoms with van der Waals surface area (Å²) in [5.41, 5.74) is 1.10. The normalized spacial score (nSPS) is 14.3. The molecule has 3 rings (SSSR count). The number of alkyl carbamates (subject to hydrolysis) is 1. The van der Waals surface area contributed by atoms with E-state index in [9.17, 15) is 28.2 Å². The summed E-state index contributed by atoms with van der Waals surface area (Å²) >= 11 is 0. The van der Waals surface area contributed by atoms with Gasteiger partial charge in [-0.2, -0.15) is 4.31 Å². The minimum absolute atomic E-state index is 0.0193. The molecule has 0 saturated heterocycles. The van der Waals surface area contributed by atoms with Gasteiger partial charge in [-0.25, -0.2) is 13.2 Å². The molecule has 0 radical (unpaired) electrons. The Labute approximate surface area is 272 Å². The lowest BCUT2D eigenvalue weighted by Crippen LogP contribution is -2.60. The van der Waals surface area contributed by atoms with Gasteiger partial charge >= 0.3 is 6.09 Å². The third-order valence-electron chi connectivity index (χ3n) is 7.85. The van der Waals surface area contributed by atoms with Crippen molar-refractivity contribution in [3.63, 3.8) is 0 Å². The molecule has 4 N–H and O–H groups in total. The monoisotopic (exact) mass is 653 g/mol. The maximum atomic E-state index is 13.7. The van der Waals surface area contributed by atoms with Crippen LogP contribution in [0, 0.1) is 11.8 Å². The van der Waals surface area contributed by atoms with Crippen LogP contribution in [0.3, 0.4) is 0 Å². The summed E-state index contributed by atoms with van der Waals surface area (Å²) in [7, 11) is -3.93. The number of nitrogens with one attached hydrogen (secondary N) is 2. The zero-order valence-corrected chi connectivity index (χ0v) is 27.9. The molecular weight excluding hydrogens is 606 g/mol. The smallest absolute Gasteiger partial charge is 0.407 e. The van der Waals surface area contributed by atoms with Crippen molar-refractivity contribution >= 4 is 22.0 Å². The van der Waals surface area contributed by atoms with Gasteiger partial charge < -0.3 is 25.6 Å². The lowest BCUT2D eigenvalue weighted by molar-refractivity contribution is -0.127. The number of amides is 2. The quantitative estimate of drug-likeness (QED) is 0.170. The fraction of sp³-hybridized carbons (Fsp3) is 0.429. The molecule has 0 unspecified atom stereocenters. The number of carbonyl (C=O) groups excluding carboxylic acids is 2. The van der Waals surface area contributed by atoms with E-state index >= 15 is 0 Å². The van der Waals surface area contributed by atoms with Gasteiger partial charge in [0.25, 0.3) is 0 Å². The van der Waals surface area contributed by atoms with Gasteiger partial charge in [-0.15, -0.1) is 0 Å². The van der Waals surface area contributed by atoms with Crippen LogP contribution in [0.1, 0.15) is 50.8 Å². The maximum Gasteiger partial charge on any atom is 0.407 e. The van der Waals surface area contributed by atoms with Crippen LogP contribution in [0.5, 0.6) is 0 Å². The van der Waals surface area contributed by atoms with Crippen LogP contribution in [0.15, 0.2) is 89.8 Å². The number of rotatable bonds is 17. The molecule has 0 spiro atoms. The molecule has 0 aliphatic heterocycles. The minimum atomic E-state index is -3.93. The molecule has 3 atom stereocenters. The molecule has 0 bridgehead atoms. The van der Waals surface area contributed by atoms with E-state index < -0.39 is 39.6 Å². The van der Waals surface area contributed by atoms with Gasteiger partial charge in [0.1, 0.15) is 6.61 Å². The van der Waals surface area contributed by atoms with Crippen LogP contribution < -0.4 is 10.6 Å². The summed E-state index contributed by atoms with van der Waals surface area (Å²) < 4.78 is 33.9. The number of hydrogen-bond donors (Lipinski definition) is 4. The summed E-state index contributed by atoms with van der Waals surface area (Å²) in [6.45, 7) is 7.26. The van der Waals surface area contributed by atoms with Gasteiger partial charge in [-0.1, -0.05) is 93.6 Å². The number of hydrogen-bond acceptors (Lipinski definition) is 7. The van der Waals surface area contributed by atoms with E-state index in [2.05, 4.69) is 10.6 Å². The zero-order valence-electron chi connectivity index (χ0n) is 27.1. The molecule has 3 aromatic rings. The molecule has 3 aromatic carbocycles. The standard InChI is InChI=1S/C35H47N3O7S/c1-26(2)19-20-38(46(43,44)31-13-9-6-10-14-31)23-32(40)35(4,21-28-11-7-5-8-12-28)37-33(41)27(3)22-36-34(42)45-25-30-17-15-29(24-39)16-18-30/h5-18,26-27,32,39-40H,19-25H2,1-4H3,(H,36,42)(H,37,41)/t27-,32-,35-/m1/s1. The number of benzene rings is 3. The first-order valence-corrected chi connectivity index (χ1v) is 17.0. The Morgan fingerprint density at radius 3 is 2.07 bits per heavy atom. The molecule has 250 valence electrons. The van der Waals surface area contributed by atoms with Gasteiger partial charge in [-0.3, -0.25) is 4.79 Å². The Hall–Kier alpha value is -3.77. The SMILES string of the molecule is CC(C)CCN(C[C@@H](O)[C@@](C)(Cc1ccccc1)NC(=O)[C@H](C)CNC(=O)OCc1ccc(CO)cc1)S(=O)(=O)c1ccccc1. The molecule has 0 saturated carbocycles. The highest BCUT2D eigenvalue weighted by Crippen LogP contribution is 2.24. The highest BCUT2D eigenvalue weighted by atomic mass is 32.2. The lowest BCUT2D eigenvalue weighted by Gasteiger charge is -2.39. The van der Waals surface area contributed by atoms with Gasteiger partial charge in [0.2, 0.25) is 15.9 Å². The molecule has 0 fully saturated rings. The summed E-state index contributed by atoms with van der Waals surface area (Å²) in [6.07, 6.45) is -1.14. The molecule has 46 heavy (non-hydrogen) atoms. The summed E-state index contributed by atoms with van der Waals surface area (Å²) in [4.78, 5) is 25.9. The van der Waals surface area contributed by atoms with E-state index in [1.165, 1.54) is 16.4 Å². The van der Waals surface area contributed by atoms with E-state index in [1.807, 2.05) is 44.2 Å². The molecule has 0 aliphatic carbocycles. The van der Waals surface area contributed by atoms with Gasteiger partial charge in [0.15, 0.2) is 0 Å². The van der Waals surface area contributed by atoms with E-state index in [0.717, 1.165) is 16.7 Å². The van der Waals surface area contributed by atoms with Crippen molar-refractivity contribution < 1.29 is 33.0 Å². The molecule has 0 aromatic heterocycles. The number of sulfonamides is 1. The third-order valence-corrected chi connectivity index (χ3v) is 9.73. The number of aliphatic hydroxyl groups excluding tert-OH is 2. The second-order valence-corrected chi connectivity index (χ2v) is 14.2. The van der Waals surface area contributed by atoms with Gasteiger partial charge in [0.05, 0.1) is 29.1 Å². The molecular formula is C35H47N3O7S. The predicted molar refractivity (Wildman–Crippen MR) is 177 cm³/mol. The number of aliphatic hydroxyl groups is 2. The maximum absolute atomic E-state index is 13.7. The van der Waals surface area contributed by atoms with E-state index in [4.69, 9.17) is 4.74 Å². The van der Waals surface area contributed by atoms with Crippen molar-refractivity contribution in [3.05, 3.63) is 102 Å². The van der Waals surface area contributed by atoms with Crippen molar-refractivity contribution in [3.8, 4) is 0 Å². The van der Waals surface area contributed by atoms with Crippen LogP contribution in [0.2, 0.25) is 0 Å². The van der Waals surface area contributed by atoms with Crippen molar-refractivity contribution in [1.82, 2.24) is 14.9 Å². The van der Waals surface area contributed by atoms with Crippen LogP contribution in [-0.2, 0) is 39.2 Å². The van der Waals surface area contributed by atoms with Crippen molar-refractivity contribution in [2.45, 2.75) is 70.3 Å². The fourth-order valence-corrected chi connectivity index (χ4v) is 6.27. The van der Waals surface area contributed by atoms with E-state index in [1.54, 1.807) is 56.3 Å². The molecule has 2 amide bonds. The highest BCUT2D eigenvalue weighted by molar-refractivity contribution is 7.89. The summed E-state index contributed by atoms with van der Waals surface area (Å²) in [6, 6.07) is 24.5. The van der Waals surface area contributed by atoms with Crippen LogP contribution in [0.25, 0.3) is 0 Å². The Bertz CT molecular complexity index is 1490. The molecule has 11 heteroatoms. The number of carbonyl (C=O) groups is 2. The Morgan fingerprint density at radius 1 is 0.891 bits per heavy atom. The number of ether oxygens (including phenoxy) is 1. The molecule has 0 aliphatic rings. The average molecular weight is 654 g/mol. The predicted octanol–water partition coefficient (Wildman–Crippen LogP) is 4.26. The second-order valence-electron chi connectivity index (χ2n) is 12.3. The summed E-state index contributed by atoms with van der Waals surface area (Å²) in [5.74, 6) is -0.881. The lowest BCUT2D eigenvalue weighted by atomic mass is 9.86. The van der Waals surface area contributed by atoms with Crippen molar-refractivity contribution in [2.24, 2.45) is 11.8 Å². The van der Waals surface area contributed by atoms with Crippen molar-refractivity contribution in [1.29, 1.82) is 0 Å². The first kappa shape index (κ1) is 36.7. The third kappa shape index (κ3) is 10.9. The molecule has 0 heterocycles. The van der Waals surface area contributed by atoms with E-state index in [-0.39, 0.29) is 50.1 Å². The van der Waals surface area contributed by atoms with Crippen LogP contribution in [0.4, 0.5) is 4.79 Å². The average Bonchev–Trinajstić information content (AvgIpc) is 3.05. The van der Waals surface area contributed by atoms with Crippen LogP contribution in [-0.4, -0.2) is 66.2 Å². The second kappa shape index (κ2) is 17.2. The van der Waals surface area contributed by atoms with Crippen LogP contribution >= 0.6 is 0 Å². The minimum Gasteiger partial charge on any atom is -0.445 e.